The van der Waals surface area contributed by atoms with Crippen molar-refractivity contribution in [1.82, 2.24) is 24.7 Å². The van der Waals surface area contributed by atoms with E-state index in [9.17, 15) is 13.2 Å². The van der Waals surface area contributed by atoms with Crippen LogP contribution in [0.4, 0.5) is 22.7 Å². The van der Waals surface area contributed by atoms with Crippen LogP contribution in [0.25, 0.3) is 21.6 Å². The Morgan fingerprint density at radius 1 is 1.05 bits per heavy atom. The molecule has 3 aromatic heterocycles. The smallest absolute Gasteiger partial charge is 0.373 e. The molecule has 0 bridgehead atoms. The normalized spacial score (nSPS) is 22.2. The van der Waals surface area contributed by atoms with Crippen LogP contribution in [0.2, 0.25) is 0 Å². The standard InChI is InChI=1S/C26H24F4N6OS/c27-19-11-16(26(28,29)30)2-5-18(19)21-22-24(34-25(38-22)35-7-1-8-35)33-23(32-21)14-6-9-37-20(10-14)15-12-31-36(13-15)17-3-4-17/h2,5,11-14,17,20H,1,3-4,6-10H2/t14-,20+/m1/s1. The van der Waals surface area contributed by atoms with Crippen LogP contribution >= 0.6 is 11.3 Å². The first-order valence-corrected chi connectivity index (χ1v) is 13.6. The van der Waals surface area contributed by atoms with Crippen molar-refractivity contribution in [2.24, 2.45) is 0 Å². The molecular formula is C26H24F4N6OS. The van der Waals surface area contributed by atoms with Crippen LogP contribution in [-0.4, -0.2) is 44.4 Å². The van der Waals surface area contributed by atoms with E-state index >= 15 is 4.39 Å². The average molecular weight is 545 g/mol. The molecular weight excluding hydrogens is 520 g/mol. The molecule has 7 nitrogen and oxygen atoms in total. The van der Waals surface area contributed by atoms with Gasteiger partial charge >= 0.3 is 6.18 Å². The van der Waals surface area contributed by atoms with Gasteiger partial charge in [-0.3, -0.25) is 4.68 Å². The maximum absolute atomic E-state index is 15.2. The van der Waals surface area contributed by atoms with Gasteiger partial charge in [-0.05, 0) is 50.3 Å². The van der Waals surface area contributed by atoms with Crippen molar-refractivity contribution in [3.63, 3.8) is 0 Å². The van der Waals surface area contributed by atoms with Crippen LogP contribution < -0.4 is 4.90 Å². The largest absolute Gasteiger partial charge is 0.416 e. The van der Waals surface area contributed by atoms with Crippen LogP contribution in [0.1, 0.15) is 67.1 Å². The highest BCUT2D eigenvalue weighted by molar-refractivity contribution is 7.22. The van der Waals surface area contributed by atoms with Crippen molar-refractivity contribution in [1.29, 1.82) is 0 Å². The molecule has 198 valence electrons. The van der Waals surface area contributed by atoms with E-state index in [0.717, 1.165) is 55.2 Å². The molecule has 0 N–H and O–H groups in total. The number of aromatic nitrogens is 5. The highest BCUT2D eigenvalue weighted by Gasteiger charge is 2.34. The van der Waals surface area contributed by atoms with Crippen molar-refractivity contribution in [2.45, 2.75) is 56.3 Å². The van der Waals surface area contributed by atoms with Gasteiger partial charge in [0.15, 0.2) is 10.8 Å². The number of benzene rings is 1. The molecule has 0 spiro atoms. The Morgan fingerprint density at radius 3 is 2.61 bits per heavy atom. The van der Waals surface area contributed by atoms with Crippen molar-refractivity contribution >= 4 is 26.8 Å². The molecule has 2 saturated heterocycles. The molecule has 5 heterocycles. The topological polar surface area (TPSA) is 69.0 Å². The second-order valence-electron chi connectivity index (χ2n) is 10.2. The third-order valence-electron chi connectivity index (χ3n) is 7.50. The fraction of sp³-hybridized carbons (Fsp3) is 0.462. The van der Waals surface area contributed by atoms with Crippen LogP contribution in [-0.2, 0) is 10.9 Å². The third-order valence-corrected chi connectivity index (χ3v) is 8.61. The average Bonchev–Trinajstić information content (AvgIpc) is 3.43. The fourth-order valence-electron chi connectivity index (χ4n) is 5.04. The Morgan fingerprint density at radius 2 is 1.89 bits per heavy atom. The molecule has 0 radical (unpaired) electrons. The van der Waals surface area contributed by atoms with Gasteiger partial charge in [-0.15, -0.1) is 0 Å². The number of fused-ring (bicyclic) bond motifs is 1. The van der Waals surface area contributed by atoms with E-state index < -0.39 is 17.6 Å². The molecule has 1 saturated carbocycles. The summed E-state index contributed by atoms with van der Waals surface area (Å²) in [4.78, 5) is 16.4. The third kappa shape index (κ3) is 4.33. The number of hydrogen-bond donors (Lipinski definition) is 0. The summed E-state index contributed by atoms with van der Waals surface area (Å²) >= 11 is 1.35. The molecule has 3 aliphatic rings. The number of halogens is 4. The zero-order valence-corrected chi connectivity index (χ0v) is 21.1. The number of ether oxygens (including phenoxy) is 1. The predicted molar refractivity (Wildman–Crippen MR) is 134 cm³/mol. The summed E-state index contributed by atoms with van der Waals surface area (Å²) < 4.78 is 63.4. The highest BCUT2D eigenvalue weighted by Crippen LogP contribution is 2.42. The van der Waals surface area contributed by atoms with Crippen molar-refractivity contribution in [3.8, 4) is 11.3 Å². The van der Waals surface area contributed by atoms with Gasteiger partial charge in [-0.1, -0.05) is 11.3 Å². The first kappa shape index (κ1) is 24.0. The van der Waals surface area contributed by atoms with E-state index in [-0.39, 0.29) is 23.3 Å². The molecule has 12 heteroatoms. The van der Waals surface area contributed by atoms with Crippen LogP contribution in [0.3, 0.4) is 0 Å². The van der Waals surface area contributed by atoms with Gasteiger partial charge in [0.2, 0.25) is 0 Å². The van der Waals surface area contributed by atoms with Crippen LogP contribution in [0.15, 0.2) is 30.6 Å². The van der Waals surface area contributed by atoms with E-state index in [2.05, 4.69) is 10.00 Å². The summed E-state index contributed by atoms with van der Waals surface area (Å²) in [5, 5.41) is 5.25. The quantitative estimate of drug-likeness (QED) is 0.275. The van der Waals surface area contributed by atoms with E-state index in [1.165, 1.54) is 11.3 Å². The van der Waals surface area contributed by atoms with Crippen molar-refractivity contribution < 1.29 is 22.3 Å². The molecule has 0 unspecified atom stereocenters. The molecule has 1 aromatic carbocycles. The number of hydrogen-bond acceptors (Lipinski definition) is 7. The summed E-state index contributed by atoms with van der Waals surface area (Å²) in [6, 6.07) is 3.06. The van der Waals surface area contributed by atoms with Gasteiger partial charge in [0, 0.05) is 42.9 Å². The monoisotopic (exact) mass is 544 g/mol. The fourth-order valence-corrected chi connectivity index (χ4v) is 6.10. The van der Waals surface area contributed by atoms with Gasteiger partial charge in [0.25, 0.3) is 0 Å². The Balaban J connectivity index is 1.27. The van der Waals surface area contributed by atoms with E-state index in [1.807, 2.05) is 17.1 Å². The molecule has 4 aromatic rings. The maximum atomic E-state index is 15.2. The molecule has 7 rings (SSSR count). The summed E-state index contributed by atoms with van der Waals surface area (Å²) in [5.74, 6) is -0.537. The lowest BCUT2D eigenvalue weighted by atomic mass is 9.92. The minimum absolute atomic E-state index is 0.0137. The van der Waals surface area contributed by atoms with Gasteiger partial charge in [0.1, 0.15) is 16.3 Å². The van der Waals surface area contributed by atoms with Gasteiger partial charge in [-0.25, -0.2) is 14.4 Å². The lowest BCUT2D eigenvalue weighted by molar-refractivity contribution is -0.137. The lowest BCUT2D eigenvalue weighted by Gasteiger charge is -2.30. The Kier molecular flexibility index (Phi) is 5.66. The van der Waals surface area contributed by atoms with E-state index in [0.29, 0.717) is 47.7 Å². The van der Waals surface area contributed by atoms with Crippen molar-refractivity contribution in [3.05, 3.63) is 53.4 Å². The zero-order valence-electron chi connectivity index (χ0n) is 20.3. The highest BCUT2D eigenvalue weighted by atomic mass is 32.1. The van der Waals surface area contributed by atoms with Crippen molar-refractivity contribution in [2.75, 3.05) is 24.6 Å². The molecule has 0 amide bonds. The molecule has 2 aliphatic heterocycles. The van der Waals surface area contributed by atoms with E-state index in [4.69, 9.17) is 19.7 Å². The molecule has 3 fully saturated rings. The second kappa shape index (κ2) is 8.98. The summed E-state index contributed by atoms with van der Waals surface area (Å²) in [6.07, 6.45) is 3.73. The van der Waals surface area contributed by atoms with Crippen LogP contribution in [0, 0.1) is 5.82 Å². The second-order valence-corrected chi connectivity index (χ2v) is 11.2. The van der Waals surface area contributed by atoms with Gasteiger partial charge in [0.05, 0.1) is 29.6 Å². The van der Waals surface area contributed by atoms with Crippen LogP contribution in [0.5, 0.6) is 0 Å². The maximum Gasteiger partial charge on any atom is 0.416 e. The summed E-state index contributed by atoms with van der Waals surface area (Å²) in [7, 11) is 0. The molecule has 2 atom stereocenters. The van der Waals surface area contributed by atoms with Gasteiger partial charge in [-0.2, -0.15) is 23.3 Å². The summed E-state index contributed by atoms with van der Waals surface area (Å²) in [5.41, 5.74) is 0.713. The molecule has 38 heavy (non-hydrogen) atoms. The number of alkyl halides is 3. The molecule has 1 aliphatic carbocycles. The van der Waals surface area contributed by atoms with E-state index in [1.54, 1.807) is 0 Å². The zero-order chi connectivity index (χ0) is 26.0. The summed E-state index contributed by atoms with van der Waals surface area (Å²) in [6.45, 7) is 2.26. The van der Waals surface area contributed by atoms with Gasteiger partial charge < -0.3 is 9.64 Å². The number of thiazole rings is 1. The Bertz CT molecular complexity index is 1510. The Labute approximate surface area is 219 Å². The minimum atomic E-state index is -4.63. The first-order chi connectivity index (χ1) is 18.3. The number of nitrogens with zero attached hydrogens (tertiary/aromatic N) is 6. The lowest BCUT2D eigenvalue weighted by Crippen LogP contribution is -2.36. The Hall–Kier alpha value is -3.12. The SMILES string of the molecule is Fc1cc(C(F)(F)F)ccc1-c1nc([C@@H]2CCO[C@H](c3cnn(C4CC4)c3)C2)nc2nc(N3CCC3)sc12. The number of rotatable bonds is 5. The number of anilines is 1. The first-order valence-electron chi connectivity index (χ1n) is 12.8. The minimum Gasteiger partial charge on any atom is -0.373 e. The predicted octanol–water partition coefficient (Wildman–Crippen LogP) is 6.29.